The van der Waals surface area contributed by atoms with E-state index in [-0.39, 0.29) is 24.1 Å². The Kier molecular flexibility index (Phi) is 4.97. The fraction of sp³-hybridized carbons (Fsp3) is 0.462. The van der Waals surface area contributed by atoms with Crippen molar-refractivity contribution in [3.8, 4) is 11.5 Å². The van der Waals surface area contributed by atoms with Crippen molar-refractivity contribution in [2.75, 3.05) is 13.7 Å². The Morgan fingerprint density at radius 1 is 1.44 bits per heavy atom. The number of benzene rings is 1. The Morgan fingerprint density at radius 3 is 2.61 bits per heavy atom. The zero-order chi connectivity index (χ0) is 13.7. The van der Waals surface area contributed by atoms with Crippen molar-refractivity contribution in [1.29, 1.82) is 0 Å². The van der Waals surface area contributed by atoms with Crippen molar-refractivity contribution < 1.29 is 19.7 Å². The van der Waals surface area contributed by atoms with Crippen LogP contribution in [-0.2, 0) is 0 Å². The van der Waals surface area contributed by atoms with Gasteiger partial charge < -0.3 is 20.3 Å². The zero-order valence-electron chi connectivity index (χ0n) is 10.8. The Bertz CT molecular complexity index is 417. The highest BCUT2D eigenvalue weighted by atomic mass is 16.5. The maximum Gasteiger partial charge on any atom is 0.251 e. The van der Waals surface area contributed by atoms with Gasteiger partial charge in [0, 0.05) is 12.1 Å². The van der Waals surface area contributed by atoms with Crippen molar-refractivity contribution in [3.63, 3.8) is 0 Å². The van der Waals surface area contributed by atoms with Crippen LogP contribution in [0.2, 0.25) is 0 Å². The fourth-order valence-corrected chi connectivity index (χ4v) is 1.37. The number of aliphatic hydroxyl groups excluding tert-OH is 1. The van der Waals surface area contributed by atoms with E-state index in [0.717, 1.165) is 0 Å². The summed E-state index contributed by atoms with van der Waals surface area (Å²) in [5, 5.41) is 21.7. The van der Waals surface area contributed by atoms with Crippen molar-refractivity contribution in [3.05, 3.63) is 23.8 Å². The predicted molar refractivity (Wildman–Crippen MR) is 67.8 cm³/mol. The van der Waals surface area contributed by atoms with E-state index in [4.69, 9.17) is 4.74 Å². The van der Waals surface area contributed by atoms with Gasteiger partial charge in [-0.3, -0.25) is 4.79 Å². The molecule has 0 aromatic heterocycles. The van der Waals surface area contributed by atoms with Gasteiger partial charge in [-0.15, -0.1) is 0 Å². The van der Waals surface area contributed by atoms with Crippen LogP contribution in [0.15, 0.2) is 18.2 Å². The number of carbonyl (C=O) groups excluding carboxylic acids is 1. The Balaban J connectivity index is 2.65. The van der Waals surface area contributed by atoms with Gasteiger partial charge in [-0.1, -0.05) is 13.8 Å². The van der Waals surface area contributed by atoms with Crippen LogP contribution in [0.3, 0.4) is 0 Å². The first kappa shape index (κ1) is 14.3. The van der Waals surface area contributed by atoms with Crippen molar-refractivity contribution >= 4 is 5.91 Å². The number of rotatable bonds is 5. The molecule has 0 saturated carbocycles. The fourth-order valence-electron chi connectivity index (χ4n) is 1.37. The molecule has 5 nitrogen and oxygen atoms in total. The summed E-state index contributed by atoms with van der Waals surface area (Å²) in [6.07, 6.45) is -0.583. The number of aliphatic hydroxyl groups is 1. The van der Waals surface area contributed by atoms with Gasteiger partial charge in [-0.05, 0) is 24.1 Å². The first-order chi connectivity index (χ1) is 8.45. The normalized spacial score (nSPS) is 12.3. The molecule has 0 saturated heterocycles. The maximum absolute atomic E-state index is 11.7. The summed E-state index contributed by atoms with van der Waals surface area (Å²) >= 11 is 0. The van der Waals surface area contributed by atoms with Crippen LogP contribution in [0.5, 0.6) is 11.5 Å². The van der Waals surface area contributed by atoms with Crippen molar-refractivity contribution in [2.24, 2.45) is 5.92 Å². The molecule has 0 radical (unpaired) electrons. The highest BCUT2D eigenvalue weighted by Crippen LogP contribution is 2.26. The number of ether oxygens (including phenoxy) is 1. The van der Waals surface area contributed by atoms with Crippen LogP contribution in [0.1, 0.15) is 24.2 Å². The molecule has 3 N–H and O–H groups in total. The highest BCUT2D eigenvalue weighted by Gasteiger charge is 2.13. The van der Waals surface area contributed by atoms with Crippen LogP contribution in [0, 0.1) is 5.92 Å². The van der Waals surface area contributed by atoms with Gasteiger partial charge in [0.2, 0.25) is 0 Å². The average molecular weight is 253 g/mol. The minimum Gasteiger partial charge on any atom is -0.504 e. The zero-order valence-corrected chi connectivity index (χ0v) is 10.8. The van der Waals surface area contributed by atoms with Crippen LogP contribution >= 0.6 is 0 Å². The molecule has 1 amide bonds. The van der Waals surface area contributed by atoms with Gasteiger partial charge in [0.05, 0.1) is 13.2 Å². The summed E-state index contributed by atoms with van der Waals surface area (Å²) in [4.78, 5) is 11.7. The van der Waals surface area contributed by atoms with E-state index >= 15 is 0 Å². The van der Waals surface area contributed by atoms with Crippen LogP contribution in [-0.4, -0.2) is 35.9 Å². The average Bonchev–Trinajstić information content (AvgIpc) is 2.35. The standard InChI is InChI=1S/C13H19NO4/c1-8(2)11(16)7-14-13(17)9-4-5-12(18-3)10(15)6-9/h4-6,8,11,15-16H,7H2,1-3H3,(H,14,17). The topological polar surface area (TPSA) is 78.8 Å². The Morgan fingerprint density at radius 2 is 2.11 bits per heavy atom. The molecular formula is C13H19NO4. The number of phenols is 1. The maximum atomic E-state index is 11.7. The molecule has 0 heterocycles. The molecule has 1 atom stereocenters. The van der Waals surface area contributed by atoms with E-state index in [9.17, 15) is 15.0 Å². The number of methoxy groups -OCH3 is 1. The van der Waals surface area contributed by atoms with Gasteiger partial charge in [-0.25, -0.2) is 0 Å². The molecule has 0 aliphatic carbocycles. The third-order valence-corrected chi connectivity index (χ3v) is 2.68. The molecule has 0 bridgehead atoms. The molecule has 5 heteroatoms. The molecule has 18 heavy (non-hydrogen) atoms. The summed E-state index contributed by atoms with van der Waals surface area (Å²) in [5.41, 5.74) is 0.323. The summed E-state index contributed by atoms with van der Waals surface area (Å²) in [7, 11) is 1.44. The van der Waals surface area contributed by atoms with Crippen molar-refractivity contribution in [2.45, 2.75) is 20.0 Å². The van der Waals surface area contributed by atoms with Gasteiger partial charge in [0.1, 0.15) is 0 Å². The van der Waals surface area contributed by atoms with Gasteiger partial charge in [0.25, 0.3) is 5.91 Å². The summed E-state index contributed by atoms with van der Waals surface area (Å²) in [6.45, 7) is 3.93. The number of hydrogen-bond donors (Lipinski definition) is 3. The lowest BCUT2D eigenvalue weighted by Crippen LogP contribution is -2.34. The first-order valence-electron chi connectivity index (χ1n) is 5.79. The van der Waals surface area contributed by atoms with E-state index in [1.165, 1.54) is 19.2 Å². The van der Waals surface area contributed by atoms with E-state index < -0.39 is 6.10 Å². The Labute approximate surface area is 106 Å². The van der Waals surface area contributed by atoms with Gasteiger partial charge in [0.15, 0.2) is 11.5 Å². The predicted octanol–water partition coefficient (Wildman–Crippen LogP) is 1.15. The van der Waals surface area contributed by atoms with Crippen LogP contribution < -0.4 is 10.1 Å². The molecule has 0 aliphatic rings. The SMILES string of the molecule is COc1ccc(C(=O)NCC(O)C(C)C)cc1O. The van der Waals surface area contributed by atoms with Gasteiger partial charge in [-0.2, -0.15) is 0 Å². The third kappa shape index (κ3) is 3.63. The number of carbonyl (C=O) groups is 1. The third-order valence-electron chi connectivity index (χ3n) is 2.68. The molecule has 1 aromatic carbocycles. The van der Waals surface area contributed by atoms with Gasteiger partial charge >= 0.3 is 0 Å². The lowest BCUT2D eigenvalue weighted by atomic mass is 10.1. The second-order valence-electron chi connectivity index (χ2n) is 4.41. The van der Waals surface area contributed by atoms with E-state index in [1.54, 1.807) is 6.07 Å². The quantitative estimate of drug-likeness (QED) is 0.735. The van der Waals surface area contributed by atoms with E-state index in [1.807, 2.05) is 13.8 Å². The smallest absolute Gasteiger partial charge is 0.251 e. The molecule has 1 unspecified atom stereocenters. The minimum absolute atomic E-state index is 0.0783. The molecule has 0 spiro atoms. The highest BCUT2D eigenvalue weighted by molar-refractivity contribution is 5.94. The Hall–Kier alpha value is -1.75. The van der Waals surface area contributed by atoms with E-state index in [0.29, 0.717) is 11.3 Å². The summed E-state index contributed by atoms with van der Waals surface area (Å²) in [6, 6.07) is 4.40. The summed E-state index contributed by atoms with van der Waals surface area (Å²) in [5.74, 6) is -0.0365. The monoisotopic (exact) mass is 253 g/mol. The minimum atomic E-state index is -0.583. The lowest BCUT2D eigenvalue weighted by Gasteiger charge is -2.15. The van der Waals surface area contributed by atoms with Crippen LogP contribution in [0.25, 0.3) is 0 Å². The molecule has 1 aromatic rings. The number of nitrogens with one attached hydrogen (secondary N) is 1. The first-order valence-corrected chi connectivity index (χ1v) is 5.79. The van der Waals surface area contributed by atoms with Crippen molar-refractivity contribution in [1.82, 2.24) is 5.32 Å². The molecular weight excluding hydrogens is 234 g/mol. The molecule has 1 rings (SSSR count). The van der Waals surface area contributed by atoms with Crippen LogP contribution in [0.4, 0.5) is 0 Å². The summed E-state index contributed by atoms with van der Waals surface area (Å²) < 4.78 is 4.89. The molecule has 0 aliphatic heterocycles. The molecule has 0 fully saturated rings. The molecule has 100 valence electrons. The number of phenolic OH excluding ortho intramolecular Hbond substituents is 1. The second-order valence-corrected chi connectivity index (χ2v) is 4.41. The van der Waals surface area contributed by atoms with E-state index in [2.05, 4.69) is 5.32 Å². The number of hydrogen-bond acceptors (Lipinski definition) is 4. The largest absolute Gasteiger partial charge is 0.504 e. The second kappa shape index (κ2) is 6.26. The lowest BCUT2D eigenvalue weighted by molar-refractivity contribution is 0.0871. The number of amides is 1. The number of aromatic hydroxyl groups is 1.